The number of aliphatic hydroxyl groups excluding tert-OH is 1. The molecule has 1 aromatic heterocycles. The van der Waals surface area contributed by atoms with Gasteiger partial charge in [-0.25, -0.2) is 0 Å². The Labute approximate surface area is 113 Å². The number of unbranched alkanes of at least 4 members (excludes halogenated alkanes) is 2. The number of pyridine rings is 1. The van der Waals surface area contributed by atoms with Crippen molar-refractivity contribution in [1.82, 2.24) is 4.98 Å². The quantitative estimate of drug-likeness (QED) is 0.806. The van der Waals surface area contributed by atoms with Gasteiger partial charge in [-0.2, -0.15) is 0 Å². The van der Waals surface area contributed by atoms with Gasteiger partial charge >= 0.3 is 0 Å². The summed E-state index contributed by atoms with van der Waals surface area (Å²) in [7, 11) is 0. The Morgan fingerprint density at radius 2 is 2.11 bits per heavy atom. The van der Waals surface area contributed by atoms with Crippen molar-refractivity contribution in [3.63, 3.8) is 0 Å². The Hall–Kier alpha value is -1.12. The first kappa shape index (κ1) is 13.3. The smallest absolute Gasteiger partial charge is 0.0811 e. The Balaban J connectivity index is 2.30. The van der Waals surface area contributed by atoms with E-state index in [2.05, 4.69) is 11.9 Å². The highest BCUT2D eigenvalue weighted by Gasteiger charge is 2.13. The van der Waals surface area contributed by atoms with E-state index < -0.39 is 6.10 Å². The molecule has 96 valence electrons. The molecule has 2 rings (SSSR count). The van der Waals surface area contributed by atoms with Crippen LogP contribution in [0.4, 0.5) is 0 Å². The zero-order valence-electron chi connectivity index (χ0n) is 10.6. The monoisotopic (exact) mass is 263 g/mol. The zero-order valence-corrected chi connectivity index (χ0v) is 11.3. The van der Waals surface area contributed by atoms with E-state index in [-0.39, 0.29) is 0 Å². The van der Waals surface area contributed by atoms with Gasteiger partial charge in [-0.3, -0.25) is 4.98 Å². The summed E-state index contributed by atoms with van der Waals surface area (Å²) >= 11 is 6.14. The van der Waals surface area contributed by atoms with Crippen LogP contribution in [0.25, 0.3) is 10.9 Å². The summed E-state index contributed by atoms with van der Waals surface area (Å²) in [5.41, 5.74) is 1.69. The van der Waals surface area contributed by atoms with Gasteiger partial charge in [0.25, 0.3) is 0 Å². The second-order valence-electron chi connectivity index (χ2n) is 4.55. The van der Waals surface area contributed by atoms with Gasteiger partial charge in [0, 0.05) is 22.2 Å². The first-order valence-electron chi connectivity index (χ1n) is 6.45. The minimum Gasteiger partial charge on any atom is -0.388 e. The van der Waals surface area contributed by atoms with Crippen molar-refractivity contribution < 1.29 is 5.11 Å². The molecule has 1 aromatic carbocycles. The molecule has 0 saturated carbocycles. The van der Waals surface area contributed by atoms with Crippen LogP contribution < -0.4 is 0 Å². The molecule has 1 atom stereocenters. The van der Waals surface area contributed by atoms with E-state index in [0.717, 1.165) is 42.1 Å². The fraction of sp³-hybridized carbons (Fsp3) is 0.400. The minimum absolute atomic E-state index is 0.453. The van der Waals surface area contributed by atoms with Gasteiger partial charge in [0.05, 0.1) is 11.6 Å². The normalized spacial score (nSPS) is 12.8. The van der Waals surface area contributed by atoms with E-state index in [4.69, 9.17) is 11.6 Å². The third-order valence-corrected chi connectivity index (χ3v) is 3.52. The highest BCUT2D eigenvalue weighted by atomic mass is 35.5. The summed E-state index contributed by atoms with van der Waals surface area (Å²) < 4.78 is 0. The van der Waals surface area contributed by atoms with Gasteiger partial charge in [0.1, 0.15) is 0 Å². The van der Waals surface area contributed by atoms with Crippen molar-refractivity contribution in [3.05, 3.63) is 41.0 Å². The number of benzene rings is 1. The van der Waals surface area contributed by atoms with Gasteiger partial charge in [-0.15, -0.1) is 0 Å². The average molecular weight is 264 g/mol. The number of hydrogen-bond acceptors (Lipinski definition) is 2. The molecule has 0 aliphatic heterocycles. The van der Waals surface area contributed by atoms with Crippen LogP contribution in [0.1, 0.15) is 44.3 Å². The van der Waals surface area contributed by atoms with Crippen LogP contribution in [0, 0.1) is 0 Å². The molecule has 0 radical (unpaired) electrons. The molecule has 1 heterocycles. The molecule has 0 aliphatic rings. The highest BCUT2D eigenvalue weighted by molar-refractivity contribution is 6.35. The molecule has 0 saturated heterocycles. The van der Waals surface area contributed by atoms with Crippen molar-refractivity contribution in [2.45, 2.75) is 38.7 Å². The number of hydrogen-bond donors (Lipinski definition) is 1. The maximum atomic E-state index is 10.3. The second kappa shape index (κ2) is 6.17. The summed E-state index contributed by atoms with van der Waals surface area (Å²) in [5, 5.41) is 11.8. The third kappa shape index (κ3) is 2.82. The lowest BCUT2D eigenvalue weighted by Crippen LogP contribution is -1.99. The van der Waals surface area contributed by atoms with Crippen LogP contribution in [-0.4, -0.2) is 10.1 Å². The van der Waals surface area contributed by atoms with Crippen molar-refractivity contribution in [2.75, 3.05) is 0 Å². The molecule has 2 aromatic rings. The summed E-state index contributed by atoms with van der Waals surface area (Å²) in [5.74, 6) is 0. The van der Waals surface area contributed by atoms with E-state index >= 15 is 0 Å². The molecular formula is C15H18ClNO. The van der Waals surface area contributed by atoms with Gasteiger partial charge < -0.3 is 5.11 Å². The zero-order chi connectivity index (χ0) is 13.0. The summed E-state index contributed by atoms with van der Waals surface area (Å²) in [6.45, 7) is 2.16. The predicted molar refractivity (Wildman–Crippen MR) is 75.9 cm³/mol. The fourth-order valence-electron chi connectivity index (χ4n) is 2.17. The Morgan fingerprint density at radius 3 is 2.89 bits per heavy atom. The maximum absolute atomic E-state index is 10.3. The lowest BCUT2D eigenvalue weighted by atomic mass is 10.0. The van der Waals surface area contributed by atoms with Crippen molar-refractivity contribution in [1.29, 1.82) is 0 Å². The van der Waals surface area contributed by atoms with Crippen LogP contribution in [0.2, 0.25) is 5.02 Å². The summed E-state index contributed by atoms with van der Waals surface area (Å²) in [6.07, 6.45) is 5.41. The van der Waals surface area contributed by atoms with E-state index in [1.807, 2.05) is 24.3 Å². The molecule has 1 unspecified atom stereocenters. The number of fused-ring (bicyclic) bond motifs is 1. The molecule has 3 heteroatoms. The Bertz CT molecular complexity index is 527. The van der Waals surface area contributed by atoms with Crippen LogP contribution in [0.15, 0.2) is 30.5 Å². The minimum atomic E-state index is -0.453. The SMILES string of the molecule is CCCCCC(O)c1ccc(Cl)c2cccnc12. The fourth-order valence-corrected chi connectivity index (χ4v) is 2.39. The lowest BCUT2D eigenvalue weighted by molar-refractivity contribution is 0.165. The Morgan fingerprint density at radius 1 is 1.28 bits per heavy atom. The molecule has 1 N–H and O–H groups in total. The van der Waals surface area contributed by atoms with Crippen LogP contribution in [0.5, 0.6) is 0 Å². The van der Waals surface area contributed by atoms with Crippen LogP contribution in [0.3, 0.4) is 0 Å². The van der Waals surface area contributed by atoms with Crippen molar-refractivity contribution >= 4 is 22.5 Å². The number of aromatic nitrogens is 1. The molecule has 0 fully saturated rings. The average Bonchev–Trinajstić information content (AvgIpc) is 2.39. The van der Waals surface area contributed by atoms with E-state index in [1.54, 1.807) is 6.20 Å². The number of rotatable bonds is 5. The second-order valence-corrected chi connectivity index (χ2v) is 4.95. The topological polar surface area (TPSA) is 33.1 Å². The number of nitrogens with zero attached hydrogens (tertiary/aromatic N) is 1. The van der Waals surface area contributed by atoms with Crippen LogP contribution >= 0.6 is 11.6 Å². The molecule has 18 heavy (non-hydrogen) atoms. The van der Waals surface area contributed by atoms with E-state index in [1.165, 1.54) is 0 Å². The van der Waals surface area contributed by atoms with E-state index in [0.29, 0.717) is 5.02 Å². The molecule has 0 aliphatic carbocycles. The Kier molecular flexibility index (Phi) is 4.56. The number of aliphatic hydroxyl groups is 1. The first-order chi connectivity index (χ1) is 8.74. The largest absolute Gasteiger partial charge is 0.388 e. The maximum Gasteiger partial charge on any atom is 0.0811 e. The first-order valence-corrected chi connectivity index (χ1v) is 6.83. The molecule has 0 bridgehead atoms. The highest BCUT2D eigenvalue weighted by Crippen LogP contribution is 2.30. The molecule has 2 nitrogen and oxygen atoms in total. The van der Waals surface area contributed by atoms with E-state index in [9.17, 15) is 5.11 Å². The van der Waals surface area contributed by atoms with Crippen molar-refractivity contribution in [3.8, 4) is 0 Å². The van der Waals surface area contributed by atoms with Gasteiger partial charge in [-0.1, -0.05) is 43.9 Å². The summed E-state index contributed by atoms with van der Waals surface area (Å²) in [6, 6.07) is 7.52. The summed E-state index contributed by atoms with van der Waals surface area (Å²) in [4.78, 5) is 4.35. The van der Waals surface area contributed by atoms with Gasteiger partial charge in [-0.05, 0) is 24.6 Å². The van der Waals surface area contributed by atoms with Gasteiger partial charge in [0.15, 0.2) is 0 Å². The number of halogens is 1. The predicted octanol–water partition coefficient (Wildman–Crippen LogP) is 4.50. The molecule has 0 amide bonds. The standard InChI is InChI=1S/C15H18ClNO/c1-2-3-4-7-14(18)12-8-9-13(16)11-6-5-10-17-15(11)12/h5-6,8-10,14,18H,2-4,7H2,1H3. The van der Waals surface area contributed by atoms with Crippen molar-refractivity contribution in [2.24, 2.45) is 0 Å². The van der Waals surface area contributed by atoms with Crippen LogP contribution in [-0.2, 0) is 0 Å². The molecule has 0 spiro atoms. The third-order valence-electron chi connectivity index (χ3n) is 3.19. The molecular weight excluding hydrogens is 246 g/mol. The lowest BCUT2D eigenvalue weighted by Gasteiger charge is -2.13. The van der Waals surface area contributed by atoms with Gasteiger partial charge in [0.2, 0.25) is 0 Å².